The number of piperazine rings is 1. The molecule has 1 heterocycles. The Morgan fingerprint density at radius 1 is 1.26 bits per heavy atom. The summed E-state index contributed by atoms with van der Waals surface area (Å²) in [5, 5.41) is 3.16. The molecular weight excluding hydrogens is 420 g/mol. The highest BCUT2D eigenvalue weighted by molar-refractivity contribution is 9.10. The average Bonchev–Trinajstić information content (AvgIpc) is 2.45. The largest absolute Gasteiger partial charge is 0.496 e. The number of methoxy groups -OCH3 is 1. The van der Waals surface area contributed by atoms with Gasteiger partial charge in [0.15, 0.2) is 0 Å². The lowest BCUT2D eigenvalue weighted by molar-refractivity contribution is -0.148. The molecule has 0 spiro atoms. The van der Waals surface area contributed by atoms with Crippen LogP contribution in [0, 0.1) is 0 Å². The van der Waals surface area contributed by atoms with Gasteiger partial charge in [0.05, 0.1) is 13.5 Å². The van der Waals surface area contributed by atoms with E-state index in [1.807, 2.05) is 4.90 Å². The van der Waals surface area contributed by atoms with Crippen molar-refractivity contribution in [2.24, 2.45) is 0 Å². The molecule has 1 atom stereocenters. The van der Waals surface area contributed by atoms with Crippen molar-refractivity contribution in [2.45, 2.75) is 18.6 Å². The molecule has 1 aromatic carbocycles. The van der Waals surface area contributed by atoms with Crippen LogP contribution in [0.1, 0.15) is 18.0 Å². The molecule has 1 N–H and O–H groups in total. The average molecular weight is 440 g/mol. The van der Waals surface area contributed by atoms with Crippen molar-refractivity contribution >= 4 is 40.7 Å². The molecule has 9 heteroatoms. The molecule has 0 aliphatic carbocycles. The summed E-state index contributed by atoms with van der Waals surface area (Å²) in [6.07, 6.45) is -5.09. The standard InChI is InChI=1S/C14H18BrF3N2O.2ClH/c1-21-13-3-2-10(15)8-11(13)12(9-14(16,17)18)20-6-4-19-5-7-20;;/h2-3,8,12,19H,4-7,9H2,1H3;2*1H/t12-;;/m1../s1. The third-order valence-corrected chi connectivity index (χ3v) is 4.06. The van der Waals surface area contributed by atoms with E-state index in [1.54, 1.807) is 18.2 Å². The van der Waals surface area contributed by atoms with Gasteiger partial charge in [0.25, 0.3) is 0 Å². The predicted octanol–water partition coefficient (Wildman–Crippen LogP) is 4.20. The van der Waals surface area contributed by atoms with Crippen molar-refractivity contribution in [1.29, 1.82) is 0 Å². The van der Waals surface area contributed by atoms with Crippen LogP contribution in [0.2, 0.25) is 0 Å². The molecule has 1 aromatic rings. The van der Waals surface area contributed by atoms with Crippen LogP contribution in [-0.2, 0) is 0 Å². The summed E-state index contributed by atoms with van der Waals surface area (Å²) in [6.45, 7) is 2.59. The summed E-state index contributed by atoms with van der Waals surface area (Å²) in [7, 11) is 1.48. The Balaban J connectivity index is 0.00000242. The SMILES string of the molecule is COc1ccc(Br)cc1[C@@H](CC(F)(F)F)N1CCNCC1.Cl.Cl. The van der Waals surface area contributed by atoms with Crippen LogP contribution in [0.15, 0.2) is 22.7 Å². The van der Waals surface area contributed by atoms with Crippen LogP contribution in [0.25, 0.3) is 0 Å². The van der Waals surface area contributed by atoms with Gasteiger partial charge in [-0.2, -0.15) is 13.2 Å². The normalized spacial score (nSPS) is 16.9. The maximum Gasteiger partial charge on any atom is 0.390 e. The van der Waals surface area contributed by atoms with E-state index in [0.717, 1.165) is 4.47 Å². The van der Waals surface area contributed by atoms with Gasteiger partial charge in [0, 0.05) is 42.3 Å². The van der Waals surface area contributed by atoms with Gasteiger partial charge in [-0.1, -0.05) is 15.9 Å². The first-order chi connectivity index (χ1) is 9.90. The molecule has 0 aromatic heterocycles. The highest BCUT2D eigenvalue weighted by Gasteiger charge is 2.37. The number of rotatable bonds is 4. The van der Waals surface area contributed by atoms with Crippen molar-refractivity contribution in [3.05, 3.63) is 28.2 Å². The zero-order chi connectivity index (χ0) is 15.5. The van der Waals surface area contributed by atoms with Gasteiger partial charge in [-0.15, -0.1) is 24.8 Å². The first-order valence-corrected chi connectivity index (χ1v) is 7.55. The third-order valence-electron chi connectivity index (χ3n) is 3.57. The highest BCUT2D eigenvalue weighted by atomic mass is 79.9. The van der Waals surface area contributed by atoms with E-state index in [1.165, 1.54) is 7.11 Å². The Labute approximate surface area is 154 Å². The summed E-state index contributed by atoms with van der Waals surface area (Å²) < 4.78 is 45.0. The molecule has 1 aliphatic heterocycles. The lowest BCUT2D eigenvalue weighted by atomic mass is 9.99. The minimum atomic E-state index is -4.22. The maximum absolute atomic E-state index is 13.0. The number of ether oxygens (including phenoxy) is 1. The molecule has 2 rings (SSSR count). The Hall–Kier alpha value is -0.210. The molecule has 1 fully saturated rings. The number of hydrogen-bond acceptors (Lipinski definition) is 3. The van der Waals surface area contributed by atoms with Crippen LogP contribution in [0.3, 0.4) is 0 Å². The van der Waals surface area contributed by atoms with E-state index in [-0.39, 0.29) is 24.8 Å². The lowest BCUT2D eigenvalue weighted by Gasteiger charge is -2.36. The monoisotopic (exact) mass is 438 g/mol. The van der Waals surface area contributed by atoms with Crippen LogP contribution in [0.4, 0.5) is 13.2 Å². The summed E-state index contributed by atoms with van der Waals surface area (Å²) in [6, 6.07) is 4.46. The van der Waals surface area contributed by atoms with Gasteiger partial charge in [0.1, 0.15) is 5.75 Å². The second-order valence-corrected chi connectivity index (χ2v) is 5.92. The van der Waals surface area contributed by atoms with E-state index in [0.29, 0.717) is 37.5 Å². The molecule has 23 heavy (non-hydrogen) atoms. The molecular formula is C14H20BrCl2F3N2O. The Morgan fingerprint density at radius 3 is 2.39 bits per heavy atom. The number of halogens is 6. The van der Waals surface area contributed by atoms with E-state index in [2.05, 4.69) is 21.2 Å². The highest BCUT2D eigenvalue weighted by Crippen LogP contribution is 2.39. The molecule has 0 radical (unpaired) electrons. The van der Waals surface area contributed by atoms with Gasteiger partial charge < -0.3 is 10.1 Å². The summed E-state index contributed by atoms with van der Waals surface area (Å²) >= 11 is 3.33. The third kappa shape index (κ3) is 6.66. The van der Waals surface area contributed by atoms with Crippen molar-refractivity contribution in [3.8, 4) is 5.75 Å². The van der Waals surface area contributed by atoms with Crippen molar-refractivity contribution < 1.29 is 17.9 Å². The van der Waals surface area contributed by atoms with Crippen LogP contribution >= 0.6 is 40.7 Å². The number of nitrogens with one attached hydrogen (secondary N) is 1. The lowest BCUT2D eigenvalue weighted by Crippen LogP contribution is -2.46. The smallest absolute Gasteiger partial charge is 0.390 e. The van der Waals surface area contributed by atoms with Crippen LogP contribution in [-0.4, -0.2) is 44.4 Å². The fraction of sp³-hybridized carbons (Fsp3) is 0.571. The van der Waals surface area contributed by atoms with Crippen molar-refractivity contribution in [2.75, 3.05) is 33.3 Å². The van der Waals surface area contributed by atoms with E-state index < -0.39 is 18.6 Å². The number of benzene rings is 1. The minimum Gasteiger partial charge on any atom is -0.496 e. The molecule has 3 nitrogen and oxygen atoms in total. The Kier molecular flexibility index (Phi) is 9.84. The van der Waals surface area contributed by atoms with E-state index >= 15 is 0 Å². The number of nitrogens with zero attached hydrogens (tertiary/aromatic N) is 1. The quantitative estimate of drug-likeness (QED) is 0.760. The Bertz CT molecular complexity index is 486. The number of alkyl halides is 3. The fourth-order valence-corrected chi connectivity index (χ4v) is 2.99. The zero-order valence-corrected chi connectivity index (χ0v) is 15.7. The van der Waals surface area contributed by atoms with E-state index in [9.17, 15) is 13.2 Å². The summed E-state index contributed by atoms with van der Waals surface area (Å²) in [5.41, 5.74) is 0.575. The summed E-state index contributed by atoms with van der Waals surface area (Å²) in [5.74, 6) is 0.492. The second kappa shape index (κ2) is 9.93. The van der Waals surface area contributed by atoms with Gasteiger partial charge in [0.2, 0.25) is 0 Å². The first-order valence-electron chi connectivity index (χ1n) is 6.75. The second-order valence-electron chi connectivity index (χ2n) is 5.01. The predicted molar refractivity (Wildman–Crippen MR) is 93.0 cm³/mol. The van der Waals surface area contributed by atoms with E-state index in [4.69, 9.17) is 4.74 Å². The van der Waals surface area contributed by atoms with Crippen LogP contribution in [0.5, 0.6) is 5.75 Å². The maximum atomic E-state index is 13.0. The van der Waals surface area contributed by atoms with Crippen molar-refractivity contribution in [1.82, 2.24) is 10.2 Å². The Morgan fingerprint density at radius 2 is 1.87 bits per heavy atom. The molecule has 1 aliphatic rings. The van der Waals surface area contributed by atoms with Crippen LogP contribution < -0.4 is 10.1 Å². The van der Waals surface area contributed by atoms with Gasteiger partial charge in [-0.25, -0.2) is 0 Å². The number of hydrogen-bond donors (Lipinski definition) is 1. The summed E-state index contributed by atoms with van der Waals surface area (Å²) in [4.78, 5) is 1.87. The molecule has 1 saturated heterocycles. The zero-order valence-electron chi connectivity index (χ0n) is 12.5. The molecule has 0 amide bonds. The first kappa shape index (κ1) is 22.8. The van der Waals surface area contributed by atoms with Gasteiger partial charge in [-0.3, -0.25) is 4.90 Å². The molecule has 0 bridgehead atoms. The molecule has 0 saturated carbocycles. The van der Waals surface area contributed by atoms with Crippen molar-refractivity contribution in [3.63, 3.8) is 0 Å². The molecule has 134 valence electrons. The van der Waals surface area contributed by atoms with Gasteiger partial charge in [-0.05, 0) is 18.2 Å². The fourth-order valence-electron chi connectivity index (χ4n) is 2.61. The minimum absolute atomic E-state index is 0. The molecule has 0 unspecified atom stereocenters. The topological polar surface area (TPSA) is 24.5 Å². The van der Waals surface area contributed by atoms with Gasteiger partial charge >= 0.3 is 6.18 Å².